The van der Waals surface area contributed by atoms with E-state index in [1.807, 2.05) is 30.3 Å². The van der Waals surface area contributed by atoms with Crippen LogP contribution in [0.5, 0.6) is 5.75 Å². The van der Waals surface area contributed by atoms with Crippen molar-refractivity contribution in [1.82, 2.24) is 0 Å². The molecule has 2 rings (SSSR count). The van der Waals surface area contributed by atoms with E-state index in [0.29, 0.717) is 22.4 Å². The summed E-state index contributed by atoms with van der Waals surface area (Å²) >= 11 is 12.0. The van der Waals surface area contributed by atoms with Crippen molar-refractivity contribution >= 4 is 35.2 Å². The van der Waals surface area contributed by atoms with Gasteiger partial charge in [0.05, 0.1) is 12.1 Å². The van der Waals surface area contributed by atoms with Crippen LogP contribution >= 0.6 is 23.2 Å². The third-order valence-corrected chi connectivity index (χ3v) is 3.42. The summed E-state index contributed by atoms with van der Waals surface area (Å²) in [5.74, 6) is 0.158. The number of esters is 1. The van der Waals surface area contributed by atoms with Gasteiger partial charge in [0.25, 0.3) is 0 Å². The monoisotopic (exact) mass is 336 g/mol. The quantitative estimate of drug-likeness (QED) is 0.583. The Morgan fingerprint density at radius 3 is 2.50 bits per heavy atom. The fourth-order valence-electron chi connectivity index (χ4n) is 1.71. The normalized spacial score (nSPS) is 10.7. The number of hydrogen-bond acceptors (Lipinski definition) is 3. The van der Waals surface area contributed by atoms with E-state index in [4.69, 9.17) is 27.9 Å². The molecular formula is C17H14Cl2O3. The molecule has 0 saturated carbocycles. The molecule has 0 aromatic heterocycles. The van der Waals surface area contributed by atoms with Gasteiger partial charge in [-0.15, -0.1) is 0 Å². The molecule has 22 heavy (non-hydrogen) atoms. The van der Waals surface area contributed by atoms with E-state index in [-0.39, 0.29) is 0 Å². The lowest BCUT2D eigenvalue weighted by molar-refractivity contribution is -0.134. The fraction of sp³-hybridized carbons (Fsp3) is 0.118. The third kappa shape index (κ3) is 4.79. The van der Waals surface area contributed by atoms with Crippen molar-refractivity contribution in [3.8, 4) is 5.75 Å². The zero-order valence-corrected chi connectivity index (χ0v) is 13.4. The van der Waals surface area contributed by atoms with Crippen molar-refractivity contribution < 1.29 is 14.3 Å². The number of hydrogen-bond donors (Lipinski definition) is 0. The van der Waals surface area contributed by atoms with Gasteiger partial charge in [-0.05, 0) is 41.5 Å². The molecule has 0 aliphatic rings. The molecule has 0 saturated heterocycles. The molecule has 3 nitrogen and oxygen atoms in total. The third-order valence-electron chi connectivity index (χ3n) is 2.88. The molecule has 0 amide bonds. The summed E-state index contributed by atoms with van der Waals surface area (Å²) in [6.07, 6.45) is 2.96. The van der Waals surface area contributed by atoms with E-state index < -0.39 is 5.97 Å². The summed E-state index contributed by atoms with van der Waals surface area (Å²) in [7, 11) is 1.33. The Labute approximate surface area is 139 Å². The first-order valence-corrected chi connectivity index (χ1v) is 7.27. The van der Waals surface area contributed by atoms with E-state index in [0.717, 1.165) is 11.1 Å². The number of methoxy groups -OCH3 is 1. The molecule has 5 heteroatoms. The van der Waals surface area contributed by atoms with Crippen molar-refractivity contribution in [1.29, 1.82) is 0 Å². The highest BCUT2D eigenvalue weighted by Gasteiger charge is 2.03. The zero-order chi connectivity index (χ0) is 15.9. The van der Waals surface area contributed by atoms with Gasteiger partial charge < -0.3 is 9.47 Å². The number of halogens is 2. The summed E-state index contributed by atoms with van der Waals surface area (Å²) in [5.41, 5.74) is 1.78. The number of rotatable bonds is 5. The summed E-state index contributed by atoms with van der Waals surface area (Å²) in [6.45, 7) is 0.397. The molecule has 0 aliphatic heterocycles. The molecule has 0 radical (unpaired) electrons. The van der Waals surface area contributed by atoms with Crippen molar-refractivity contribution in [2.75, 3.05) is 7.11 Å². The van der Waals surface area contributed by atoms with E-state index in [9.17, 15) is 4.79 Å². The fourth-order valence-corrected chi connectivity index (χ4v) is 2.08. The number of ether oxygens (including phenoxy) is 2. The second-order valence-electron chi connectivity index (χ2n) is 4.46. The van der Waals surface area contributed by atoms with Gasteiger partial charge in [-0.3, -0.25) is 0 Å². The van der Waals surface area contributed by atoms with Crippen LogP contribution in [0.15, 0.2) is 48.5 Å². The van der Waals surface area contributed by atoms with Gasteiger partial charge in [-0.2, -0.15) is 0 Å². The maximum Gasteiger partial charge on any atom is 0.330 e. The number of carbonyl (C=O) groups is 1. The van der Waals surface area contributed by atoms with Crippen LogP contribution in [-0.4, -0.2) is 13.1 Å². The van der Waals surface area contributed by atoms with E-state index >= 15 is 0 Å². The Balaban J connectivity index is 2.02. The molecule has 2 aromatic carbocycles. The first-order chi connectivity index (χ1) is 10.6. The topological polar surface area (TPSA) is 35.5 Å². The average Bonchev–Trinajstić information content (AvgIpc) is 2.53. The lowest BCUT2D eigenvalue weighted by Crippen LogP contribution is -1.96. The van der Waals surface area contributed by atoms with Crippen molar-refractivity contribution in [2.45, 2.75) is 6.61 Å². The number of carbonyl (C=O) groups excluding carboxylic acids is 1. The Bertz CT molecular complexity index is 679. The molecule has 0 unspecified atom stereocenters. The van der Waals surface area contributed by atoms with Gasteiger partial charge in [0.2, 0.25) is 0 Å². The molecule has 114 valence electrons. The SMILES string of the molecule is COC(=O)/C=C/c1ccc(OCc2ccc(Cl)cc2)c(Cl)c1. The number of benzene rings is 2. The predicted molar refractivity (Wildman–Crippen MR) is 88.3 cm³/mol. The largest absolute Gasteiger partial charge is 0.487 e. The van der Waals surface area contributed by atoms with Gasteiger partial charge in [0, 0.05) is 11.1 Å². The Hall–Kier alpha value is -1.97. The van der Waals surface area contributed by atoms with E-state index in [1.54, 1.807) is 18.2 Å². The molecule has 0 heterocycles. The highest BCUT2D eigenvalue weighted by Crippen LogP contribution is 2.27. The molecule has 0 bridgehead atoms. The lowest BCUT2D eigenvalue weighted by Gasteiger charge is -2.09. The highest BCUT2D eigenvalue weighted by molar-refractivity contribution is 6.32. The van der Waals surface area contributed by atoms with Crippen LogP contribution in [0.1, 0.15) is 11.1 Å². The maximum atomic E-state index is 11.0. The van der Waals surface area contributed by atoms with Gasteiger partial charge in [0.15, 0.2) is 0 Å². The first kappa shape index (κ1) is 16.4. The van der Waals surface area contributed by atoms with Crippen molar-refractivity contribution in [2.24, 2.45) is 0 Å². The smallest absolute Gasteiger partial charge is 0.330 e. The molecule has 0 N–H and O–H groups in total. The van der Waals surface area contributed by atoms with E-state index in [1.165, 1.54) is 13.2 Å². The average molecular weight is 337 g/mol. The van der Waals surface area contributed by atoms with Crippen molar-refractivity contribution in [3.05, 3.63) is 69.7 Å². The van der Waals surface area contributed by atoms with Crippen LogP contribution in [0.3, 0.4) is 0 Å². The summed E-state index contributed by atoms with van der Waals surface area (Å²) in [4.78, 5) is 11.0. The van der Waals surface area contributed by atoms with Crippen LogP contribution in [0.4, 0.5) is 0 Å². The molecule has 2 aromatic rings. The minimum Gasteiger partial charge on any atom is -0.487 e. The molecule has 0 atom stereocenters. The van der Waals surface area contributed by atoms with Crippen LogP contribution in [0.2, 0.25) is 10.0 Å². The predicted octanol–water partition coefficient (Wildman–Crippen LogP) is 4.76. The minimum atomic E-state index is -0.417. The summed E-state index contributed by atoms with van der Waals surface area (Å²) < 4.78 is 10.2. The van der Waals surface area contributed by atoms with Gasteiger partial charge in [0.1, 0.15) is 12.4 Å². The van der Waals surface area contributed by atoms with Gasteiger partial charge in [-0.1, -0.05) is 41.4 Å². The standard InChI is InChI=1S/C17H14Cl2O3/c1-21-17(20)9-5-12-4-8-16(15(19)10-12)22-11-13-2-6-14(18)7-3-13/h2-10H,11H2,1H3/b9-5+. The summed E-state index contributed by atoms with van der Waals surface area (Å²) in [6, 6.07) is 12.7. The Morgan fingerprint density at radius 2 is 1.86 bits per heavy atom. The summed E-state index contributed by atoms with van der Waals surface area (Å²) in [5, 5.41) is 1.16. The first-order valence-electron chi connectivity index (χ1n) is 6.51. The molecule has 0 spiro atoms. The molecule has 0 fully saturated rings. The van der Waals surface area contributed by atoms with Crippen LogP contribution in [0, 0.1) is 0 Å². The van der Waals surface area contributed by atoms with Crippen LogP contribution in [-0.2, 0) is 16.1 Å². The molecule has 0 aliphatic carbocycles. The van der Waals surface area contributed by atoms with Crippen LogP contribution in [0.25, 0.3) is 6.08 Å². The second-order valence-corrected chi connectivity index (χ2v) is 5.31. The van der Waals surface area contributed by atoms with Gasteiger partial charge in [-0.25, -0.2) is 4.79 Å². The Kier molecular flexibility index (Phi) is 5.87. The van der Waals surface area contributed by atoms with Gasteiger partial charge >= 0.3 is 5.97 Å². The van der Waals surface area contributed by atoms with Crippen LogP contribution < -0.4 is 4.74 Å². The maximum absolute atomic E-state index is 11.0. The van der Waals surface area contributed by atoms with E-state index in [2.05, 4.69) is 4.74 Å². The Morgan fingerprint density at radius 1 is 1.14 bits per heavy atom. The lowest BCUT2D eigenvalue weighted by atomic mass is 10.2. The highest BCUT2D eigenvalue weighted by atomic mass is 35.5. The molecular weight excluding hydrogens is 323 g/mol. The second kappa shape index (κ2) is 7.87. The van der Waals surface area contributed by atoms with Crippen molar-refractivity contribution in [3.63, 3.8) is 0 Å². The minimum absolute atomic E-state index is 0.397. The zero-order valence-electron chi connectivity index (χ0n) is 11.9.